The molecule has 4 atom stereocenters. The van der Waals surface area contributed by atoms with Gasteiger partial charge in [-0.2, -0.15) is 0 Å². The fourth-order valence-electron chi connectivity index (χ4n) is 5.11. The van der Waals surface area contributed by atoms with Crippen molar-refractivity contribution in [3.63, 3.8) is 0 Å². The average Bonchev–Trinajstić information content (AvgIpc) is 2.75. The first-order valence-corrected chi connectivity index (χ1v) is 14.0. The maximum absolute atomic E-state index is 11.2. The SMILES string of the molecule is CC(=CCOC1=C(C)C(C)C(O)(CC(=O)O)C(C)=C1)CCC[C@H](C)CCC[C@H](C)CCCC(C)C. The minimum atomic E-state index is -1.35. The van der Waals surface area contributed by atoms with Crippen LogP contribution in [0.1, 0.15) is 120 Å². The van der Waals surface area contributed by atoms with Crippen molar-refractivity contribution in [1.29, 1.82) is 0 Å². The number of aliphatic carboxylic acids is 1. The van der Waals surface area contributed by atoms with E-state index in [9.17, 15) is 15.0 Å². The number of carboxylic acid groups (broad SMARTS) is 1. The second-order valence-corrected chi connectivity index (χ2v) is 11.8. The third-order valence-electron chi connectivity index (χ3n) is 8.02. The van der Waals surface area contributed by atoms with Gasteiger partial charge in [-0.1, -0.05) is 85.1 Å². The molecule has 35 heavy (non-hydrogen) atoms. The van der Waals surface area contributed by atoms with Crippen molar-refractivity contribution in [2.75, 3.05) is 6.61 Å². The van der Waals surface area contributed by atoms with E-state index in [1.807, 2.05) is 13.8 Å². The van der Waals surface area contributed by atoms with Crippen LogP contribution in [0.15, 0.2) is 34.6 Å². The van der Waals surface area contributed by atoms with Gasteiger partial charge < -0.3 is 14.9 Å². The van der Waals surface area contributed by atoms with Crippen LogP contribution >= 0.6 is 0 Å². The van der Waals surface area contributed by atoms with Crippen LogP contribution < -0.4 is 0 Å². The molecule has 0 saturated carbocycles. The van der Waals surface area contributed by atoms with Gasteiger partial charge in [0.05, 0.1) is 6.42 Å². The highest BCUT2D eigenvalue weighted by Gasteiger charge is 2.42. The highest BCUT2D eigenvalue weighted by atomic mass is 16.5. The molecule has 4 nitrogen and oxygen atoms in total. The predicted octanol–water partition coefficient (Wildman–Crippen LogP) is 8.46. The molecule has 0 bridgehead atoms. The summed E-state index contributed by atoms with van der Waals surface area (Å²) < 4.78 is 6.02. The van der Waals surface area contributed by atoms with E-state index in [0.717, 1.165) is 35.5 Å². The second-order valence-electron chi connectivity index (χ2n) is 11.8. The molecular weight excluding hydrogens is 436 g/mol. The van der Waals surface area contributed by atoms with Crippen molar-refractivity contribution in [3.05, 3.63) is 34.6 Å². The molecule has 2 unspecified atom stereocenters. The maximum atomic E-state index is 11.2. The minimum absolute atomic E-state index is 0.296. The molecule has 0 heterocycles. The number of carbonyl (C=O) groups is 1. The van der Waals surface area contributed by atoms with Crippen molar-refractivity contribution in [1.82, 2.24) is 0 Å². The molecule has 0 aliphatic heterocycles. The molecule has 0 amide bonds. The summed E-state index contributed by atoms with van der Waals surface area (Å²) >= 11 is 0. The summed E-state index contributed by atoms with van der Waals surface area (Å²) in [5, 5.41) is 20.1. The molecule has 1 rings (SSSR count). The highest BCUT2D eigenvalue weighted by molar-refractivity contribution is 5.69. The molecule has 1 aliphatic rings. The quantitative estimate of drug-likeness (QED) is 0.201. The van der Waals surface area contributed by atoms with Gasteiger partial charge in [-0.25, -0.2) is 0 Å². The van der Waals surface area contributed by atoms with Crippen LogP contribution in [0.2, 0.25) is 0 Å². The Kier molecular flexibility index (Phi) is 14.0. The van der Waals surface area contributed by atoms with Gasteiger partial charge in [0.2, 0.25) is 0 Å². The van der Waals surface area contributed by atoms with Crippen LogP contribution in [0.5, 0.6) is 0 Å². The Morgan fingerprint density at radius 3 is 2.11 bits per heavy atom. The number of rotatable bonds is 17. The van der Waals surface area contributed by atoms with E-state index in [4.69, 9.17) is 4.74 Å². The third kappa shape index (κ3) is 11.4. The Labute approximate surface area is 215 Å². The molecule has 4 heteroatoms. The predicted molar refractivity (Wildman–Crippen MR) is 147 cm³/mol. The van der Waals surface area contributed by atoms with Gasteiger partial charge in [0.1, 0.15) is 18.0 Å². The number of hydrogen-bond acceptors (Lipinski definition) is 3. The summed E-state index contributed by atoms with van der Waals surface area (Å²) in [4.78, 5) is 11.2. The van der Waals surface area contributed by atoms with Gasteiger partial charge in [0.25, 0.3) is 0 Å². The summed E-state index contributed by atoms with van der Waals surface area (Å²) in [5.74, 6) is 1.94. The molecule has 0 spiro atoms. The van der Waals surface area contributed by atoms with E-state index in [-0.39, 0.29) is 12.3 Å². The lowest BCUT2D eigenvalue weighted by molar-refractivity contribution is -0.142. The molecule has 0 fully saturated rings. The highest BCUT2D eigenvalue weighted by Crippen LogP contribution is 2.40. The summed E-state index contributed by atoms with van der Waals surface area (Å²) in [5.41, 5.74) is 1.54. The lowest BCUT2D eigenvalue weighted by atomic mass is 9.73. The molecule has 0 radical (unpaired) electrons. The number of aliphatic hydroxyl groups is 1. The van der Waals surface area contributed by atoms with Crippen LogP contribution in [0.4, 0.5) is 0 Å². The average molecular weight is 491 g/mol. The number of hydrogen-bond donors (Lipinski definition) is 2. The van der Waals surface area contributed by atoms with Gasteiger partial charge in [0.15, 0.2) is 0 Å². The number of carboxylic acids is 1. The molecule has 0 saturated heterocycles. The molecule has 202 valence electrons. The normalized spacial score (nSPS) is 22.9. The summed E-state index contributed by atoms with van der Waals surface area (Å²) in [6.07, 6.45) is 15.4. The van der Waals surface area contributed by atoms with E-state index < -0.39 is 11.6 Å². The van der Waals surface area contributed by atoms with Crippen molar-refractivity contribution in [2.45, 2.75) is 125 Å². The van der Waals surface area contributed by atoms with Crippen LogP contribution in [0.25, 0.3) is 0 Å². The first-order valence-electron chi connectivity index (χ1n) is 14.0. The van der Waals surface area contributed by atoms with Crippen LogP contribution in [-0.2, 0) is 9.53 Å². The fourth-order valence-corrected chi connectivity index (χ4v) is 5.11. The Morgan fingerprint density at radius 2 is 1.57 bits per heavy atom. The molecular formula is C31H54O4. The van der Waals surface area contributed by atoms with Crippen molar-refractivity contribution < 1.29 is 19.7 Å². The fraction of sp³-hybridized carbons (Fsp3) is 0.774. The first kappa shape index (κ1) is 31.5. The molecule has 0 aromatic carbocycles. The Hall–Kier alpha value is -1.55. The van der Waals surface area contributed by atoms with Gasteiger partial charge in [-0.05, 0) is 74.7 Å². The van der Waals surface area contributed by atoms with Crippen molar-refractivity contribution in [3.8, 4) is 0 Å². The van der Waals surface area contributed by atoms with E-state index in [2.05, 4.69) is 40.7 Å². The van der Waals surface area contributed by atoms with Gasteiger partial charge in [0, 0.05) is 5.92 Å². The first-order chi connectivity index (χ1) is 16.4. The second kappa shape index (κ2) is 15.5. The largest absolute Gasteiger partial charge is 0.490 e. The van der Waals surface area contributed by atoms with E-state index in [1.165, 1.54) is 56.9 Å². The van der Waals surface area contributed by atoms with Crippen LogP contribution in [0.3, 0.4) is 0 Å². The minimum Gasteiger partial charge on any atom is -0.490 e. The number of ether oxygens (including phenoxy) is 1. The van der Waals surface area contributed by atoms with E-state index >= 15 is 0 Å². The zero-order valence-electron chi connectivity index (χ0n) is 24.0. The van der Waals surface area contributed by atoms with E-state index in [1.54, 1.807) is 13.0 Å². The third-order valence-corrected chi connectivity index (χ3v) is 8.02. The molecule has 0 aromatic rings. The topological polar surface area (TPSA) is 66.8 Å². The lowest BCUT2D eigenvalue weighted by Crippen LogP contribution is -2.42. The summed E-state index contributed by atoms with van der Waals surface area (Å²) in [7, 11) is 0. The molecule has 1 aliphatic carbocycles. The molecule has 2 N–H and O–H groups in total. The van der Waals surface area contributed by atoms with Gasteiger partial charge >= 0.3 is 5.97 Å². The Balaban J connectivity index is 2.34. The van der Waals surface area contributed by atoms with Crippen molar-refractivity contribution in [2.24, 2.45) is 23.7 Å². The maximum Gasteiger partial charge on any atom is 0.306 e. The van der Waals surface area contributed by atoms with Crippen molar-refractivity contribution >= 4 is 5.97 Å². The van der Waals surface area contributed by atoms with Crippen LogP contribution in [-0.4, -0.2) is 28.4 Å². The van der Waals surface area contributed by atoms with Gasteiger partial charge in [-0.3, -0.25) is 4.79 Å². The number of allylic oxidation sites excluding steroid dienone is 2. The lowest BCUT2D eigenvalue weighted by Gasteiger charge is -2.38. The summed E-state index contributed by atoms with van der Waals surface area (Å²) in [6.45, 7) is 17.7. The Morgan fingerprint density at radius 1 is 1.03 bits per heavy atom. The van der Waals surface area contributed by atoms with Crippen LogP contribution in [0, 0.1) is 23.7 Å². The smallest absolute Gasteiger partial charge is 0.306 e. The standard InChI is InChI=1S/C31H54O4/c1-22(2)12-9-13-23(3)14-10-15-24(4)16-11-17-25(5)18-19-35-29-20-26(6)31(34,21-30(32)33)28(8)27(29)7/h18,20,22-24,28,34H,9-17,19,21H2,1-8H3,(H,32,33)/t23-,24-,28?,31?/m1/s1. The zero-order valence-corrected chi connectivity index (χ0v) is 24.0. The summed E-state index contributed by atoms with van der Waals surface area (Å²) in [6, 6.07) is 0. The van der Waals surface area contributed by atoms with E-state index in [0.29, 0.717) is 12.2 Å². The monoisotopic (exact) mass is 490 g/mol. The Bertz CT molecular complexity index is 745. The van der Waals surface area contributed by atoms with Gasteiger partial charge in [-0.15, -0.1) is 0 Å². The zero-order chi connectivity index (χ0) is 26.6. The molecule has 0 aromatic heterocycles.